The van der Waals surface area contributed by atoms with E-state index in [0.29, 0.717) is 16.8 Å². The molecule has 0 aromatic heterocycles. The highest BCUT2D eigenvalue weighted by molar-refractivity contribution is 5.49. The van der Waals surface area contributed by atoms with E-state index >= 15 is 0 Å². The van der Waals surface area contributed by atoms with Crippen LogP contribution in [-0.2, 0) is 6.61 Å². The molecular formula is C14H10F5NO. The number of halogens is 5. The van der Waals surface area contributed by atoms with Gasteiger partial charge in [0.15, 0.2) is 5.75 Å². The Morgan fingerprint density at radius 1 is 0.905 bits per heavy atom. The van der Waals surface area contributed by atoms with Gasteiger partial charge in [-0.25, -0.2) is 13.2 Å². The van der Waals surface area contributed by atoms with Gasteiger partial charge in [0.1, 0.15) is 6.61 Å². The first kappa shape index (κ1) is 15.1. The highest BCUT2D eigenvalue weighted by Crippen LogP contribution is 2.30. The zero-order valence-corrected chi connectivity index (χ0v) is 10.8. The topological polar surface area (TPSA) is 35.2 Å². The maximum absolute atomic E-state index is 13.4. The lowest BCUT2D eigenvalue weighted by atomic mass is 10.1. The lowest BCUT2D eigenvalue weighted by Gasteiger charge is -2.12. The van der Waals surface area contributed by atoms with Crippen molar-refractivity contribution in [2.45, 2.75) is 13.5 Å². The molecule has 2 nitrogen and oxygen atoms in total. The first-order valence-corrected chi connectivity index (χ1v) is 5.82. The number of nitrogen functional groups attached to an aromatic ring is 1. The smallest absolute Gasteiger partial charge is 0.207 e. The van der Waals surface area contributed by atoms with Crippen LogP contribution in [0.1, 0.15) is 11.1 Å². The van der Waals surface area contributed by atoms with Crippen molar-refractivity contribution in [3.8, 4) is 5.75 Å². The van der Waals surface area contributed by atoms with Gasteiger partial charge in [0.25, 0.3) is 0 Å². The molecule has 0 aliphatic carbocycles. The molecule has 0 fully saturated rings. The summed E-state index contributed by atoms with van der Waals surface area (Å²) >= 11 is 0. The highest BCUT2D eigenvalue weighted by atomic mass is 19.2. The van der Waals surface area contributed by atoms with Crippen LogP contribution in [0, 0.1) is 36.0 Å². The van der Waals surface area contributed by atoms with Crippen molar-refractivity contribution < 1.29 is 26.7 Å². The fraction of sp³-hybridized carbons (Fsp3) is 0.143. The SMILES string of the molecule is Cc1c(N)cccc1COc1c(F)c(F)c(F)c(F)c1F. The molecule has 0 bridgehead atoms. The van der Waals surface area contributed by atoms with E-state index in [-0.39, 0.29) is 6.61 Å². The molecule has 0 spiro atoms. The van der Waals surface area contributed by atoms with Gasteiger partial charge in [0.2, 0.25) is 29.1 Å². The number of benzene rings is 2. The molecule has 7 heteroatoms. The summed E-state index contributed by atoms with van der Waals surface area (Å²) in [5.74, 6) is -11.6. The van der Waals surface area contributed by atoms with Crippen LogP contribution in [0.25, 0.3) is 0 Å². The third kappa shape index (κ3) is 2.63. The van der Waals surface area contributed by atoms with Crippen molar-refractivity contribution >= 4 is 5.69 Å². The fourth-order valence-corrected chi connectivity index (χ4v) is 1.72. The van der Waals surface area contributed by atoms with Gasteiger partial charge in [-0.15, -0.1) is 0 Å². The van der Waals surface area contributed by atoms with Crippen molar-refractivity contribution in [3.63, 3.8) is 0 Å². The normalized spacial score (nSPS) is 10.8. The number of ether oxygens (including phenoxy) is 1. The van der Waals surface area contributed by atoms with Gasteiger partial charge in [-0.1, -0.05) is 12.1 Å². The van der Waals surface area contributed by atoms with Crippen LogP contribution < -0.4 is 10.5 Å². The van der Waals surface area contributed by atoms with Gasteiger partial charge < -0.3 is 10.5 Å². The molecule has 0 radical (unpaired) electrons. The minimum absolute atomic E-state index is 0.380. The summed E-state index contributed by atoms with van der Waals surface area (Å²) in [6.07, 6.45) is 0. The Morgan fingerprint density at radius 3 is 2.00 bits per heavy atom. The first-order valence-electron chi connectivity index (χ1n) is 5.82. The largest absolute Gasteiger partial charge is 0.483 e. The quantitative estimate of drug-likeness (QED) is 0.404. The highest BCUT2D eigenvalue weighted by Gasteiger charge is 2.27. The molecule has 0 aliphatic rings. The molecule has 21 heavy (non-hydrogen) atoms. The standard InChI is InChI=1S/C14H10F5NO/c1-6-7(3-2-4-8(6)20)5-21-14-12(18)10(16)9(15)11(17)13(14)19/h2-4H,5,20H2,1H3. The molecule has 0 amide bonds. The summed E-state index contributed by atoms with van der Waals surface area (Å²) in [4.78, 5) is 0. The summed E-state index contributed by atoms with van der Waals surface area (Å²) in [5, 5.41) is 0. The third-order valence-electron chi connectivity index (χ3n) is 3.03. The predicted molar refractivity (Wildman–Crippen MR) is 66.2 cm³/mol. The van der Waals surface area contributed by atoms with E-state index < -0.39 is 34.8 Å². The van der Waals surface area contributed by atoms with Gasteiger partial charge in [-0.2, -0.15) is 8.78 Å². The molecule has 0 aliphatic heterocycles. The molecule has 2 N–H and O–H groups in total. The van der Waals surface area contributed by atoms with Crippen molar-refractivity contribution in [1.82, 2.24) is 0 Å². The summed E-state index contributed by atoms with van der Waals surface area (Å²) in [6, 6.07) is 4.76. The Labute approximate surface area is 116 Å². The zero-order chi connectivity index (χ0) is 15.7. The fourth-order valence-electron chi connectivity index (χ4n) is 1.72. The Bertz CT molecular complexity index is 673. The molecule has 2 rings (SSSR count). The van der Waals surface area contributed by atoms with Gasteiger partial charge in [0.05, 0.1) is 0 Å². The third-order valence-corrected chi connectivity index (χ3v) is 3.03. The molecular weight excluding hydrogens is 293 g/mol. The lowest BCUT2D eigenvalue weighted by molar-refractivity contribution is 0.253. The van der Waals surface area contributed by atoms with Crippen LogP contribution in [0.2, 0.25) is 0 Å². The Hall–Kier alpha value is -2.31. The molecule has 0 heterocycles. The van der Waals surface area contributed by atoms with E-state index in [0.717, 1.165) is 0 Å². The van der Waals surface area contributed by atoms with Crippen molar-refractivity contribution in [3.05, 3.63) is 58.4 Å². The molecule has 0 saturated carbocycles. The number of anilines is 1. The monoisotopic (exact) mass is 303 g/mol. The second-order valence-electron chi connectivity index (χ2n) is 4.32. The van der Waals surface area contributed by atoms with E-state index in [1.165, 1.54) is 0 Å². The molecule has 0 unspecified atom stereocenters. The minimum Gasteiger partial charge on any atom is -0.483 e. The van der Waals surface area contributed by atoms with Crippen LogP contribution in [0.5, 0.6) is 5.75 Å². The van der Waals surface area contributed by atoms with Crippen molar-refractivity contribution in [1.29, 1.82) is 0 Å². The molecule has 2 aromatic rings. The predicted octanol–water partition coefficient (Wildman–Crippen LogP) is 3.85. The summed E-state index contributed by atoms with van der Waals surface area (Å²) in [7, 11) is 0. The summed E-state index contributed by atoms with van der Waals surface area (Å²) < 4.78 is 70.5. The van der Waals surface area contributed by atoms with Crippen LogP contribution in [0.4, 0.5) is 27.6 Å². The number of nitrogens with two attached hydrogens (primary N) is 1. The Balaban J connectivity index is 2.35. The zero-order valence-electron chi connectivity index (χ0n) is 10.8. The second kappa shape index (κ2) is 5.59. The Kier molecular flexibility index (Phi) is 4.02. The van der Waals surface area contributed by atoms with Crippen molar-refractivity contribution in [2.24, 2.45) is 0 Å². The number of hydrogen-bond acceptors (Lipinski definition) is 2. The first-order chi connectivity index (χ1) is 9.84. The van der Waals surface area contributed by atoms with Crippen LogP contribution in [-0.4, -0.2) is 0 Å². The average Bonchev–Trinajstić information content (AvgIpc) is 2.47. The minimum atomic E-state index is -2.22. The van der Waals surface area contributed by atoms with E-state index in [4.69, 9.17) is 10.5 Å². The number of hydrogen-bond donors (Lipinski definition) is 1. The van der Waals surface area contributed by atoms with E-state index in [9.17, 15) is 22.0 Å². The average molecular weight is 303 g/mol. The van der Waals surface area contributed by atoms with Gasteiger partial charge >= 0.3 is 0 Å². The maximum atomic E-state index is 13.4. The van der Waals surface area contributed by atoms with E-state index in [1.807, 2.05) is 0 Å². The van der Waals surface area contributed by atoms with Gasteiger partial charge in [0, 0.05) is 5.69 Å². The van der Waals surface area contributed by atoms with Gasteiger partial charge in [-0.05, 0) is 24.1 Å². The molecule has 0 atom stereocenters. The summed E-state index contributed by atoms with van der Waals surface area (Å²) in [6.45, 7) is 1.27. The maximum Gasteiger partial charge on any atom is 0.207 e. The number of rotatable bonds is 3. The van der Waals surface area contributed by atoms with Crippen LogP contribution in [0.3, 0.4) is 0 Å². The molecule has 112 valence electrons. The summed E-state index contributed by atoms with van der Waals surface area (Å²) in [5.41, 5.74) is 7.14. The van der Waals surface area contributed by atoms with Crippen LogP contribution in [0.15, 0.2) is 18.2 Å². The molecule has 2 aromatic carbocycles. The lowest BCUT2D eigenvalue weighted by Crippen LogP contribution is -2.08. The molecule has 0 saturated heterocycles. The van der Waals surface area contributed by atoms with Crippen molar-refractivity contribution in [2.75, 3.05) is 5.73 Å². The van der Waals surface area contributed by atoms with Gasteiger partial charge in [-0.3, -0.25) is 0 Å². The van der Waals surface area contributed by atoms with Crippen LogP contribution >= 0.6 is 0 Å². The van der Waals surface area contributed by atoms with E-state index in [1.54, 1.807) is 25.1 Å². The second-order valence-corrected chi connectivity index (χ2v) is 4.32. The van der Waals surface area contributed by atoms with E-state index in [2.05, 4.69) is 0 Å². The Morgan fingerprint density at radius 2 is 1.43 bits per heavy atom.